The molecule has 1 aromatic heterocycles. The number of nitrogens with two attached hydrogens (primary N) is 1. The Balaban J connectivity index is 1.88. The second kappa shape index (κ2) is 4.22. The number of nitrogen functional groups attached to an aromatic ring is 1. The smallest absolute Gasteiger partial charge is 0.223 e. The average molecular weight is 234 g/mol. The van der Waals surface area contributed by atoms with Gasteiger partial charge in [0.2, 0.25) is 5.95 Å². The van der Waals surface area contributed by atoms with E-state index in [2.05, 4.69) is 15.0 Å². The van der Waals surface area contributed by atoms with E-state index in [1.54, 1.807) is 0 Å². The van der Waals surface area contributed by atoms with Crippen molar-refractivity contribution in [2.24, 2.45) is 5.92 Å². The molecule has 2 saturated carbocycles. The molecule has 0 aliphatic heterocycles. The Labute approximate surface area is 101 Å². The summed E-state index contributed by atoms with van der Waals surface area (Å²) in [6.07, 6.45) is 4.77. The van der Waals surface area contributed by atoms with Gasteiger partial charge in [-0.15, -0.1) is 0 Å². The molecule has 0 bridgehead atoms. The molecular formula is C12H18N4O. The van der Waals surface area contributed by atoms with Crippen LogP contribution in [0.1, 0.15) is 56.3 Å². The fourth-order valence-corrected chi connectivity index (χ4v) is 2.08. The molecule has 1 atom stereocenters. The highest BCUT2D eigenvalue weighted by atomic mass is 16.5. The van der Waals surface area contributed by atoms with Crippen LogP contribution in [0.3, 0.4) is 0 Å². The van der Waals surface area contributed by atoms with Crippen molar-refractivity contribution in [3.05, 3.63) is 11.6 Å². The highest BCUT2D eigenvalue weighted by molar-refractivity contribution is 5.21. The van der Waals surface area contributed by atoms with Crippen LogP contribution in [0.25, 0.3) is 0 Å². The minimum atomic E-state index is 0.0165. The van der Waals surface area contributed by atoms with Gasteiger partial charge < -0.3 is 10.5 Å². The quantitative estimate of drug-likeness (QED) is 0.841. The SMILES string of the molecule is CCOC(c1nc(N)nc(C2CC2)n1)C1CC1. The van der Waals surface area contributed by atoms with Gasteiger partial charge in [-0.05, 0) is 38.5 Å². The molecule has 2 aliphatic rings. The van der Waals surface area contributed by atoms with Gasteiger partial charge in [-0.2, -0.15) is 9.97 Å². The predicted molar refractivity (Wildman–Crippen MR) is 63.3 cm³/mol. The minimum absolute atomic E-state index is 0.0165. The number of hydrogen-bond acceptors (Lipinski definition) is 5. The third-order valence-electron chi connectivity index (χ3n) is 3.28. The summed E-state index contributed by atoms with van der Waals surface area (Å²) >= 11 is 0. The van der Waals surface area contributed by atoms with Crippen molar-refractivity contribution in [3.63, 3.8) is 0 Å². The third kappa shape index (κ3) is 2.39. The number of hydrogen-bond donors (Lipinski definition) is 1. The van der Waals surface area contributed by atoms with Gasteiger partial charge in [0.05, 0.1) is 0 Å². The van der Waals surface area contributed by atoms with Crippen molar-refractivity contribution in [3.8, 4) is 0 Å². The summed E-state index contributed by atoms with van der Waals surface area (Å²) in [5.41, 5.74) is 5.76. The number of rotatable bonds is 5. The molecule has 1 aromatic rings. The lowest BCUT2D eigenvalue weighted by atomic mass is 10.2. The number of anilines is 1. The van der Waals surface area contributed by atoms with Gasteiger partial charge >= 0.3 is 0 Å². The van der Waals surface area contributed by atoms with E-state index >= 15 is 0 Å². The fourth-order valence-electron chi connectivity index (χ4n) is 2.08. The zero-order chi connectivity index (χ0) is 11.8. The van der Waals surface area contributed by atoms with Gasteiger partial charge in [0.15, 0.2) is 5.82 Å². The van der Waals surface area contributed by atoms with E-state index in [9.17, 15) is 0 Å². The van der Waals surface area contributed by atoms with Crippen molar-refractivity contribution in [2.45, 2.75) is 44.6 Å². The lowest BCUT2D eigenvalue weighted by Crippen LogP contribution is -2.14. The molecule has 3 rings (SSSR count). The molecule has 5 heteroatoms. The third-order valence-corrected chi connectivity index (χ3v) is 3.28. The second-order valence-electron chi connectivity index (χ2n) is 4.90. The van der Waals surface area contributed by atoms with Crippen LogP contribution in [0.4, 0.5) is 5.95 Å². The highest BCUT2D eigenvalue weighted by Gasteiger charge is 2.36. The Hall–Kier alpha value is -1.23. The molecule has 17 heavy (non-hydrogen) atoms. The Morgan fingerprint density at radius 3 is 2.59 bits per heavy atom. The van der Waals surface area contributed by atoms with Gasteiger partial charge in [0.25, 0.3) is 0 Å². The van der Waals surface area contributed by atoms with E-state index in [-0.39, 0.29) is 6.10 Å². The molecule has 2 N–H and O–H groups in total. The van der Waals surface area contributed by atoms with Crippen molar-refractivity contribution >= 4 is 5.95 Å². The molecular weight excluding hydrogens is 216 g/mol. The first kappa shape index (κ1) is 10.9. The van der Waals surface area contributed by atoms with E-state index in [4.69, 9.17) is 10.5 Å². The molecule has 5 nitrogen and oxygen atoms in total. The van der Waals surface area contributed by atoms with Crippen LogP contribution in [0, 0.1) is 5.92 Å². The maximum Gasteiger partial charge on any atom is 0.223 e. The van der Waals surface area contributed by atoms with E-state index in [0.717, 1.165) is 11.6 Å². The summed E-state index contributed by atoms with van der Waals surface area (Å²) in [5.74, 6) is 3.01. The molecule has 92 valence electrons. The van der Waals surface area contributed by atoms with Gasteiger partial charge in [-0.25, -0.2) is 4.98 Å². The molecule has 0 spiro atoms. The van der Waals surface area contributed by atoms with Crippen LogP contribution in [0.15, 0.2) is 0 Å². The zero-order valence-corrected chi connectivity index (χ0v) is 10.1. The average Bonchev–Trinajstić information content (AvgIpc) is 3.18. The van der Waals surface area contributed by atoms with Gasteiger partial charge in [-0.3, -0.25) is 0 Å². The first-order valence-electron chi connectivity index (χ1n) is 6.41. The van der Waals surface area contributed by atoms with Crippen LogP contribution in [0.2, 0.25) is 0 Å². The predicted octanol–water partition coefficient (Wildman–Crippen LogP) is 1.82. The lowest BCUT2D eigenvalue weighted by Gasteiger charge is -2.15. The topological polar surface area (TPSA) is 73.9 Å². The van der Waals surface area contributed by atoms with E-state index in [1.807, 2.05) is 6.92 Å². The van der Waals surface area contributed by atoms with Crippen LogP contribution in [0.5, 0.6) is 0 Å². The Kier molecular flexibility index (Phi) is 2.70. The van der Waals surface area contributed by atoms with Crippen molar-refractivity contribution < 1.29 is 4.74 Å². The van der Waals surface area contributed by atoms with E-state index in [0.29, 0.717) is 24.4 Å². The number of aromatic nitrogens is 3. The molecule has 1 heterocycles. The molecule has 0 saturated heterocycles. The van der Waals surface area contributed by atoms with Crippen LogP contribution >= 0.6 is 0 Å². The van der Waals surface area contributed by atoms with Gasteiger partial charge in [-0.1, -0.05) is 0 Å². The molecule has 0 radical (unpaired) electrons. The minimum Gasteiger partial charge on any atom is -0.370 e. The summed E-state index contributed by atoms with van der Waals surface area (Å²) in [6, 6.07) is 0. The molecule has 0 amide bonds. The maximum atomic E-state index is 5.76. The van der Waals surface area contributed by atoms with Gasteiger partial charge in [0, 0.05) is 12.5 Å². The molecule has 1 unspecified atom stereocenters. The normalized spacial score (nSPS) is 21.5. The Bertz CT molecular complexity index is 415. The van der Waals surface area contributed by atoms with Crippen LogP contribution in [-0.2, 0) is 4.74 Å². The standard InChI is InChI=1S/C12H18N4O/c1-2-17-9(7-3-4-7)11-14-10(8-5-6-8)15-12(13)16-11/h7-9H,2-6H2,1H3,(H2,13,14,15,16). The lowest BCUT2D eigenvalue weighted by molar-refractivity contribution is 0.0398. The van der Waals surface area contributed by atoms with Crippen LogP contribution < -0.4 is 5.73 Å². The first-order valence-corrected chi connectivity index (χ1v) is 6.41. The molecule has 2 aliphatic carbocycles. The highest BCUT2D eigenvalue weighted by Crippen LogP contribution is 2.43. The Morgan fingerprint density at radius 2 is 2.00 bits per heavy atom. The zero-order valence-electron chi connectivity index (χ0n) is 10.1. The second-order valence-corrected chi connectivity index (χ2v) is 4.90. The van der Waals surface area contributed by atoms with E-state index in [1.165, 1.54) is 25.7 Å². The van der Waals surface area contributed by atoms with Gasteiger partial charge in [0.1, 0.15) is 11.9 Å². The summed E-state index contributed by atoms with van der Waals surface area (Å²) in [7, 11) is 0. The molecule has 2 fully saturated rings. The largest absolute Gasteiger partial charge is 0.370 e. The summed E-state index contributed by atoms with van der Waals surface area (Å²) in [5, 5.41) is 0. The maximum absolute atomic E-state index is 5.76. The number of nitrogens with zero attached hydrogens (tertiary/aromatic N) is 3. The van der Waals surface area contributed by atoms with E-state index < -0.39 is 0 Å². The first-order chi connectivity index (χ1) is 8.28. The fraction of sp³-hybridized carbons (Fsp3) is 0.750. The Morgan fingerprint density at radius 1 is 1.24 bits per heavy atom. The van der Waals surface area contributed by atoms with Crippen LogP contribution in [-0.4, -0.2) is 21.6 Å². The van der Waals surface area contributed by atoms with Crippen molar-refractivity contribution in [2.75, 3.05) is 12.3 Å². The summed E-state index contributed by atoms with van der Waals surface area (Å²) in [4.78, 5) is 13.0. The number of ether oxygens (including phenoxy) is 1. The summed E-state index contributed by atoms with van der Waals surface area (Å²) < 4.78 is 5.75. The monoisotopic (exact) mass is 234 g/mol. The molecule has 0 aromatic carbocycles. The van der Waals surface area contributed by atoms with Crippen molar-refractivity contribution in [1.82, 2.24) is 15.0 Å². The summed E-state index contributed by atoms with van der Waals surface area (Å²) in [6.45, 7) is 2.69. The van der Waals surface area contributed by atoms with Crippen molar-refractivity contribution in [1.29, 1.82) is 0 Å².